The van der Waals surface area contributed by atoms with Crippen LogP contribution in [0.5, 0.6) is 0 Å². The maximum Gasteiger partial charge on any atom is 0.157 e. The van der Waals surface area contributed by atoms with Gasteiger partial charge in [-0.25, -0.2) is 0 Å². The summed E-state index contributed by atoms with van der Waals surface area (Å²) in [6.07, 6.45) is 0. The van der Waals surface area contributed by atoms with E-state index < -0.39 is 0 Å². The van der Waals surface area contributed by atoms with Gasteiger partial charge in [-0.3, -0.25) is 4.99 Å². The van der Waals surface area contributed by atoms with Crippen molar-refractivity contribution in [2.24, 2.45) is 4.99 Å². The molecule has 0 radical (unpaired) electrons. The Kier molecular flexibility index (Phi) is 2.96. The van der Waals surface area contributed by atoms with Crippen LogP contribution in [0.2, 0.25) is 0 Å². The topological polar surface area (TPSA) is 24.4 Å². The van der Waals surface area contributed by atoms with Gasteiger partial charge in [0, 0.05) is 6.54 Å². The Hall–Kier alpha value is 0.550. The molecule has 0 saturated heterocycles. The molecule has 8 heavy (non-hydrogen) atoms. The first-order valence-electron chi connectivity index (χ1n) is 2.40. The van der Waals surface area contributed by atoms with Crippen LogP contribution < -0.4 is 5.32 Å². The first-order chi connectivity index (χ1) is 3.93. The molecule has 46 valence electrons. The van der Waals surface area contributed by atoms with E-state index >= 15 is 0 Å². The summed E-state index contributed by atoms with van der Waals surface area (Å²) in [7, 11) is 0. The summed E-state index contributed by atoms with van der Waals surface area (Å²) in [5, 5.41) is 4.28. The standard InChI is InChI=1S/C4H7IN2S/c5-3-8-4-6-1-2-7-4/h1-3H2,(H,6,7). The molecular weight excluding hydrogens is 235 g/mol. The minimum Gasteiger partial charge on any atom is -0.363 e. The minimum absolute atomic E-state index is 0.957. The second-order valence-corrected chi connectivity index (χ2v) is 4.13. The smallest absolute Gasteiger partial charge is 0.157 e. The molecule has 0 unspecified atom stereocenters. The fourth-order valence-corrected chi connectivity index (χ4v) is 1.90. The zero-order chi connectivity index (χ0) is 5.82. The number of alkyl halides is 1. The van der Waals surface area contributed by atoms with Crippen molar-refractivity contribution >= 4 is 39.5 Å². The molecule has 0 saturated carbocycles. The first-order valence-corrected chi connectivity index (χ1v) is 4.91. The molecule has 1 aliphatic heterocycles. The molecule has 0 atom stereocenters. The Labute approximate surface area is 66.7 Å². The van der Waals surface area contributed by atoms with Crippen molar-refractivity contribution in [1.82, 2.24) is 5.32 Å². The monoisotopic (exact) mass is 242 g/mol. The van der Waals surface area contributed by atoms with Crippen LogP contribution >= 0.6 is 34.4 Å². The number of nitrogens with zero attached hydrogens (tertiary/aromatic N) is 1. The van der Waals surface area contributed by atoms with Gasteiger partial charge in [0.05, 0.1) is 10.3 Å². The highest BCUT2D eigenvalue weighted by molar-refractivity contribution is 14.1. The summed E-state index contributed by atoms with van der Waals surface area (Å²) in [6, 6.07) is 0. The van der Waals surface area contributed by atoms with Crippen LogP contribution in [0, 0.1) is 0 Å². The van der Waals surface area contributed by atoms with Crippen LogP contribution in [0.1, 0.15) is 0 Å². The Morgan fingerprint density at radius 3 is 3.25 bits per heavy atom. The van der Waals surface area contributed by atoms with E-state index in [1.807, 2.05) is 0 Å². The van der Waals surface area contributed by atoms with Crippen molar-refractivity contribution in [3.63, 3.8) is 0 Å². The zero-order valence-electron chi connectivity index (χ0n) is 4.35. The molecule has 1 rings (SSSR count). The van der Waals surface area contributed by atoms with Gasteiger partial charge in [0.1, 0.15) is 0 Å². The van der Waals surface area contributed by atoms with Gasteiger partial charge in [0.2, 0.25) is 0 Å². The number of amidine groups is 1. The summed E-state index contributed by atoms with van der Waals surface area (Å²) in [5.74, 6) is 0. The second kappa shape index (κ2) is 3.55. The number of hydrogen-bond acceptors (Lipinski definition) is 3. The quantitative estimate of drug-likeness (QED) is 0.549. The van der Waals surface area contributed by atoms with Crippen LogP contribution in [0.25, 0.3) is 0 Å². The summed E-state index contributed by atoms with van der Waals surface area (Å²) < 4.78 is 1.09. The van der Waals surface area contributed by atoms with Gasteiger partial charge in [-0.2, -0.15) is 0 Å². The van der Waals surface area contributed by atoms with Crippen molar-refractivity contribution in [3.05, 3.63) is 0 Å². The molecule has 0 aromatic carbocycles. The van der Waals surface area contributed by atoms with Gasteiger partial charge in [-0.05, 0) is 0 Å². The largest absolute Gasteiger partial charge is 0.363 e. The van der Waals surface area contributed by atoms with Gasteiger partial charge in [0.15, 0.2) is 5.17 Å². The van der Waals surface area contributed by atoms with Crippen LogP contribution in [0.4, 0.5) is 0 Å². The van der Waals surface area contributed by atoms with Crippen molar-refractivity contribution in [2.45, 2.75) is 0 Å². The second-order valence-electron chi connectivity index (χ2n) is 1.37. The van der Waals surface area contributed by atoms with E-state index in [1.54, 1.807) is 11.8 Å². The van der Waals surface area contributed by atoms with Gasteiger partial charge in [-0.15, -0.1) is 0 Å². The van der Waals surface area contributed by atoms with Gasteiger partial charge in [0.25, 0.3) is 0 Å². The summed E-state index contributed by atoms with van der Waals surface area (Å²) in [6.45, 7) is 1.98. The fraction of sp³-hybridized carbons (Fsp3) is 0.750. The number of hydrogen-bond donors (Lipinski definition) is 1. The average Bonchev–Trinajstić information content (AvgIpc) is 2.19. The van der Waals surface area contributed by atoms with E-state index in [-0.39, 0.29) is 0 Å². The molecule has 0 fully saturated rings. The van der Waals surface area contributed by atoms with Crippen LogP contribution in [0.15, 0.2) is 4.99 Å². The predicted octanol–water partition coefficient (Wildman–Crippen LogP) is 1.07. The lowest BCUT2D eigenvalue weighted by Crippen LogP contribution is -2.14. The van der Waals surface area contributed by atoms with Crippen LogP contribution in [-0.2, 0) is 0 Å². The van der Waals surface area contributed by atoms with E-state index in [0.29, 0.717) is 0 Å². The molecule has 1 N–H and O–H groups in total. The molecular formula is C4H7IN2S. The third-order valence-electron chi connectivity index (χ3n) is 0.835. The maximum atomic E-state index is 4.19. The molecule has 0 aromatic rings. The summed E-state index contributed by atoms with van der Waals surface area (Å²) in [4.78, 5) is 4.19. The number of thioether (sulfide) groups is 1. The summed E-state index contributed by atoms with van der Waals surface area (Å²) >= 11 is 4.08. The number of halogens is 1. The molecule has 1 aliphatic rings. The van der Waals surface area contributed by atoms with Crippen LogP contribution in [0.3, 0.4) is 0 Å². The minimum atomic E-state index is 0.957. The Morgan fingerprint density at radius 2 is 2.75 bits per heavy atom. The third kappa shape index (κ3) is 1.81. The highest BCUT2D eigenvalue weighted by atomic mass is 127. The molecule has 0 aromatic heterocycles. The molecule has 4 heteroatoms. The van der Waals surface area contributed by atoms with Crippen molar-refractivity contribution in [3.8, 4) is 0 Å². The van der Waals surface area contributed by atoms with E-state index in [0.717, 1.165) is 22.0 Å². The molecule has 0 amide bonds. The highest BCUT2D eigenvalue weighted by Gasteiger charge is 2.02. The number of nitrogens with one attached hydrogen (secondary N) is 1. The van der Waals surface area contributed by atoms with Crippen molar-refractivity contribution in [2.75, 3.05) is 16.8 Å². The molecule has 1 heterocycles. The van der Waals surface area contributed by atoms with E-state index in [4.69, 9.17) is 0 Å². The summed E-state index contributed by atoms with van der Waals surface area (Å²) in [5.41, 5.74) is 0. The number of aliphatic imine (C=N–C) groups is 1. The average molecular weight is 242 g/mol. The third-order valence-corrected chi connectivity index (χ3v) is 2.42. The van der Waals surface area contributed by atoms with E-state index in [1.165, 1.54) is 0 Å². The highest BCUT2D eigenvalue weighted by Crippen LogP contribution is 2.07. The molecule has 0 aliphatic carbocycles. The van der Waals surface area contributed by atoms with Gasteiger partial charge >= 0.3 is 0 Å². The lowest BCUT2D eigenvalue weighted by molar-refractivity contribution is 0.963. The van der Waals surface area contributed by atoms with Crippen LogP contribution in [-0.4, -0.2) is 22.0 Å². The van der Waals surface area contributed by atoms with E-state index in [9.17, 15) is 0 Å². The normalized spacial score (nSPS) is 17.9. The zero-order valence-corrected chi connectivity index (χ0v) is 7.33. The molecule has 0 bridgehead atoms. The SMILES string of the molecule is ICSC1=NCCN1. The lowest BCUT2D eigenvalue weighted by atomic mass is 10.7. The Bertz CT molecular complexity index is 104. The predicted molar refractivity (Wildman–Crippen MR) is 46.8 cm³/mol. The van der Waals surface area contributed by atoms with Crippen molar-refractivity contribution < 1.29 is 0 Å². The fourth-order valence-electron chi connectivity index (χ4n) is 0.525. The Balaban J connectivity index is 2.23. The van der Waals surface area contributed by atoms with E-state index in [2.05, 4.69) is 32.9 Å². The number of rotatable bonds is 1. The van der Waals surface area contributed by atoms with Gasteiger partial charge < -0.3 is 5.32 Å². The lowest BCUT2D eigenvalue weighted by Gasteiger charge is -1.94. The Morgan fingerprint density at radius 1 is 1.88 bits per heavy atom. The molecule has 2 nitrogen and oxygen atoms in total. The molecule has 0 spiro atoms. The maximum absolute atomic E-state index is 4.19. The van der Waals surface area contributed by atoms with Crippen molar-refractivity contribution in [1.29, 1.82) is 0 Å². The first kappa shape index (κ1) is 6.67. The van der Waals surface area contributed by atoms with Gasteiger partial charge in [-0.1, -0.05) is 34.4 Å².